The number of benzene rings is 1. The molecule has 1 aliphatic heterocycles. The third kappa shape index (κ3) is 5.90. The van der Waals surface area contributed by atoms with Gasteiger partial charge in [0.15, 0.2) is 11.6 Å². The Morgan fingerprint density at radius 2 is 2.00 bits per heavy atom. The fourth-order valence-electron chi connectivity index (χ4n) is 4.59. The van der Waals surface area contributed by atoms with Gasteiger partial charge in [-0.1, -0.05) is 25.3 Å². The van der Waals surface area contributed by atoms with Gasteiger partial charge in [0.2, 0.25) is 5.91 Å². The molecular formula is C22H34FN3O3. The molecule has 1 saturated heterocycles. The predicted octanol–water partition coefficient (Wildman–Crippen LogP) is 2.42. The van der Waals surface area contributed by atoms with Gasteiger partial charge in [0.05, 0.1) is 26.9 Å². The fraction of sp³-hybridized carbons (Fsp3) is 0.682. The predicted molar refractivity (Wildman–Crippen MR) is 111 cm³/mol. The molecule has 0 aromatic heterocycles. The molecule has 2 fully saturated rings. The number of amides is 1. The molecule has 1 amide bonds. The van der Waals surface area contributed by atoms with Crippen molar-refractivity contribution in [3.05, 3.63) is 29.6 Å². The molecule has 1 aliphatic carbocycles. The first kappa shape index (κ1) is 22.0. The number of morpholine rings is 1. The van der Waals surface area contributed by atoms with Crippen LogP contribution in [0.25, 0.3) is 0 Å². The van der Waals surface area contributed by atoms with Crippen LogP contribution >= 0.6 is 0 Å². The zero-order valence-corrected chi connectivity index (χ0v) is 17.7. The number of hydrogen-bond acceptors (Lipinski definition) is 5. The highest BCUT2D eigenvalue weighted by Gasteiger charge is 2.38. The summed E-state index contributed by atoms with van der Waals surface area (Å²) in [7, 11) is 3.32. The van der Waals surface area contributed by atoms with Gasteiger partial charge in [0.25, 0.3) is 0 Å². The van der Waals surface area contributed by atoms with Crippen molar-refractivity contribution >= 4 is 5.91 Å². The zero-order chi connectivity index (χ0) is 20.7. The van der Waals surface area contributed by atoms with Gasteiger partial charge in [0.1, 0.15) is 0 Å². The standard InChI is InChI=1S/C22H34FN3O3/c1-25(15-18-6-7-20(28-2)19(23)14-18)16-21(27)24-17-22(8-4-3-5-9-22)26-10-12-29-13-11-26/h6-7,14H,3-5,8-13,15-17H2,1-2H3,(H,24,27). The van der Waals surface area contributed by atoms with Crippen molar-refractivity contribution in [2.75, 3.05) is 53.6 Å². The molecular weight excluding hydrogens is 373 g/mol. The summed E-state index contributed by atoms with van der Waals surface area (Å²) in [4.78, 5) is 17.0. The van der Waals surface area contributed by atoms with Gasteiger partial charge in [-0.15, -0.1) is 0 Å². The monoisotopic (exact) mass is 407 g/mol. The van der Waals surface area contributed by atoms with Crippen LogP contribution in [0.2, 0.25) is 0 Å². The second kappa shape index (κ2) is 10.4. The van der Waals surface area contributed by atoms with Crippen molar-refractivity contribution in [1.29, 1.82) is 0 Å². The Morgan fingerprint density at radius 1 is 1.28 bits per heavy atom. The van der Waals surface area contributed by atoms with Crippen molar-refractivity contribution in [1.82, 2.24) is 15.1 Å². The summed E-state index contributed by atoms with van der Waals surface area (Å²) in [5.41, 5.74) is 0.880. The number of likely N-dealkylation sites (N-methyl/N-ethyl adjacent to an activating group) is 1. The molecule has 0 radical (unpaired) electrons. The Morgan fingerprint density at radius 3 is 2.66 bits per heavy atom. The molecule has 7 heteroatoms. The van der Waals surface area contributed by atoms with E-state index in [1.165, 1.54) is 32.4 Å². The van der Waals surface area contributed by atoms with Crippen LogP contribution in [0.4, 0.5) is 4.39 Å². The van der Waals surface area contributed by atoms with E-state index in [1.807, 2.05) is 18.0 Å². The molecule has 29 heavy (non-hydrogen) atoms. The SMILES string of the molecule is COc1ccc(CN(C)CC(=O)NCC2(N3CCOCC3)CCCCC2)cc1F. The number of rotatable bonds is 8. The van der Waals surface area contributed by atoms with E-state index in [0.717, 1.165) is 44.7 Å². The first-order chi connectivity index (χ1) is 14.0. The third-order valence-electron chi connectivity index (χ3n) is 6.16. The second-order valence-corrected chi connectivity index (χ2v) is 8.30. The summed E-state index contributed by atoms with van der Waals surface area (Å²) in [5.74, 6) is -0.137. The lowest BCUT2D eigenvalue weighted by Crippen LogP contribution is -2.60. The maximum Gasteiger partial charge on any atom is 0.234 e. The van der Waals surface area contributed by atoms with E-state index in [0.29, 0.717) is 13.1 Å². The highest BCUT2D eigenvalue weighted by atomic mass is 19.1. The van der Waals surface area contributed by atoms with Gasteiger partial charge in [-0.05, 0) is 37.6 Å². The largest absolute Gasteiger partial charge is 0.494 e. The third-order valence-corrected chi connectivity index (χ3v) is 6.16. The Hall–Kier alpha value is -1.70. The summed E-state index contributed by atoms with van der Waals surface area (Å²) in [6, 6.07) is 4.90. The molecule has 1 aromatic rings. The average molecular weight is 408 g/mol. The Labute approximate surface area is 173 Å². The van der Waals surface area contributed by atoms with E-state index in [4.69, 9.17) is 9.47 Å². The molecule has 162 valence electrons. The van der Waals surface area contributed by atoms with Crippen molar-refractivity contribution in [3.8, 4) is 5.75 Å². The fourth-order valence-corrected chi connectivity index (χ4v) is 4.59. The topological polar surface area (TPSA) is 54.0 Å². The minimum absolute atomic E-state index is 0.0136. The van der Waals surface area contributed by atoms with Crippen LogP contribution < -0.4 is 10.1 Å². The average Bonchev–Trinajstić information content (AvgIpc) is 2.74. The van der Waals surface area contributed by atoms with E-state index in [-0.39, 0.29) is 29.6 Å². The molecule has 0 spiro atoms. The van der Waals surface area contributed by atoms with Gasteiger partial charge in [-0.3, -0.25) is 14.6 Å². The minimum Gasteiger partial charge on any atom is -0.494 e. The number of nitrogens with one attached hydrogen (secondary N) is 1. The van der Waals surface area contributed by atoms with E-state index >= 15 is 0 Å². The minimum atomic E-state index is -0.382. The van der Waals surface area contributed by atoms with Crippen LogP contribution in [0, 0.1) is 5.82 Å². The molecule has 1 saturated carbocycles. The maximum absolute atomic E-state index is 13.9. The maximum atomic E-state index is 13.9. The van der Waals surface area contributed by atoms with Crippen molar-refractivity contribution in [2.45, 2.75) is 44.2 Å². The number of methoxy groups -OCH3 is 1. The summed E-state index contributed by atoms with van der Waals surface area (Å²) >= 11 is 0. The van der Waals surface area contributed by atoms with Crippen LogP contribution in [-0.2, 0) is 16.1 Å². The first-order valence-corrected chi connectivity index (χ1v) is 10.6. The lowest BCUT2D eigenvalue weighted by Gasteiger charge is -2.48. The van der Waals surface area contributed by atoms with Gasteiger partial charge in [-0.2, -0.15) is 0 Å². The molecule has 0 unspecified atom stereocenters. The van der Waals surface area contributed by atoms with Crippen LogP contribution in [0.5, 0.6) is 5.75 Å². The highest BCUT2D eigenvalue weighted by molar-refractivity contribution is 5.78. The lowest BCUT2D eigenvalue weighted by atomic mass is 9.79. The van der Waals surface area contributed by atoms with Gasteiger partial charge >= 0.3 is 0 Å². The van der Waals surface area contributed by atoms with Crippen LogP contribution in [0.3, 0.4) is 0 Å². The molecule has 0 bridgehead atoms. The Bertz CT molecular complexity index is 673. The van der Waals surface area contributed by atoms with Crippen molar-refractivity contribution in [3.63, 3.8) is 0 Å². The van der Waals surface area contributed by atoms with Gasteiger partial charge < -0.3 is 14.8 Å². The number of hydrogen-bond donors (Lipinski definition) is 1. The number of carbonyl (C=O) groups excluding carboxylic acids is 1. The molecule has 1 N–H and O–H groups in total. The number of nitrogens with zero attached hydrogens (tertiary/aromatic N) is 2. The van der Waals surface area contributed by atoms with E-state index in [9.17, 15) is 9.18 Å². The lowest BCUT2D eigenvalue weighted by molar-refractivity contribution is -0.123. The van der Waals surface area contributed by atoms with E-state index in [1.54, 1.807) is 6.07 Å². The van der Waals surface area contributed by atoms with Gasteiger partial charge in [-0.25, -0.2) is 4.39 Å². The molecule has 3 rings (SSSR count). The summed E-state index contributed by atoms with van der Waals surface area (Å²) in [5, 5.41) is 3.18. The van der Waals surface area contributed by atoms with Crippen LogP contribution in [-0.4, -0.2) is 74.8 Å². The Balaban J connectivity index is 1.51. The normalized spacial score (nSPS) is 19.9. The Kier molecular flexibility index (Phi) is 7.86. The number of halogens is 1. The summed E-state index contributed by atoms with van der Waals surface area (Å²) < 4.78 is 24.3. The van der Waals surface area contributed by atoms with Gasteiger partial charge in [0, 0.05) is 31.7 Å². The highest BCUT2D eigenvalue weighted by Crippen LogP contribution is 2.33. The molecule has 6 nitrogen and oxygen atoms in total. The smallest absolute Gasteiger partial charge is 0.234 e. The summed E-state index contributed by atoms with van der Waals surface area (Å²) in [6.45, 7) is 4.91. The quantitative estimate of drug-likeness (QED) is 0.717. The van der Waals surface area contributed by atoms with E-state index in [2.05, 4.69) is 10.2 Å². The van der Waals surface area contributed by atoms with E-state index < -0.39 is 0 Å². The number of ether oxygens (including phenoxy) is 2. The molecule has 1 aromatic carbocycles. The molecule has 0 atom stereocenters. The molecule has 1 heterocycles. The van der Waals surface area contributed by atoms with Crippen LogP contribution in [0.15, 0.2) is 18.2 Å². The second-order valence-electron chi connectivity index (χ2n) is 8.30. The zero-order valence-electron chi connectivity index (χ0n) is 17.7. The molecule has 2 aliphatic rings. The first-order valence-electron chi connectivity index (χ1n) is 10.6. The van der Waals surface area contributed by atoms with Crippen molar-refractivity contribution in [2.24, 2.45) is 0 Å². The van der Waals surface area contributed by atoms with Crippen molar-refractivity contribution < 1.29 is 18.7 Å². The van der Waals surface area contributed by atoms with Crippen LogP contribution in [0.1, 0.15) is 37.7 Å². The number of carbonyl (C=O) groups is 1. The summed E-state index contributed by atoms with van der Waals surface area (Å²) in [6.07, 6.45) is 5.98.